The van der Waals surface area contributed by atoms with Gasteiger partial charge in [0.05, 0.1) is 6.54 Å². The number of carbonyl (C=O) groups excluding carboxylic acids is 2. The van der Waals surface area contributed by atoms with Gasteiger partial charge >= 0.3 is 6.03 Å². The number of hydrogen-bond acceptors (Lipinski definition) is 2. The van der Waals surface area contributed by atoms with E-state index in [4.69, 9.17) is 11.8 Å². The third kappa shape index (κ3) is 2.73. The highest BCUT2D eigenvalue weighted by molar-refractivity contribution is 6.35. The molecule has 0 unspecified atom stereocenters. The number of rotatable bonds is 3. The minimum Gasteiger partial charge on any atom is -0.283 e. The highest BCUT2D eigenvalue weighted by Gasteiger charge is 2.40. The maximum absolute atomic E-state index is 12.2. The van der Waals surface area contributed by atoms with E-state index >= 15 is 0 Å². The van der Waals surface area contributed by atoms with Crippen LogP contribution in [0.5, 0.6) is 0 Å². The number of hydrogen-bond donors (Lipinski definition) is 0. The zero-order valence-corrected chi connectivity index (χ0v) is 12.4. The number of carbonyl (C=O) groups is 2. The maximum atomic E-state index is 12.2. The molecular weight excluding hydrogens is 300 g/mol. The Labute approximate surface area is 133 Å². The molecule has 0 bridgehead atoms. The van der Waals surface area contributed by atoms with Crippen LogP contribution in [0.2, 0.25) is 0 Å². The summed E-state index contributed by atoms with van der Waals surface area (Å²) in [6, 6.07) is 18.3. The molecule has 22 heavy (non-hydrogen) atoms. The van der Waals surface area contributed by atoms with Crippen molar-refractivity contribution >= 4 is 29.8 Å². The summed E-state index contributed by atoms with van der Waals surface area (Å²) in [6.07, 6.45) is 1.67. The molecule has 5 heteroatoms. The molecule has 0 spiro atoms. The third-order valence-corrected chi connectivity index (χ3v) is 3.67. The van der Waals surface area contributed by atoms with E-state index in [9.17, 15) is 9.59 Å². The predicted molar refractivity (Wildman–Crippen MR) is 84.5 cm³/mol. The highest BCUT2D eigenvalue weighted by atomic mass is 35.5. The van der Waals surface area contributed by atoms with E-state index in [0.717, 1.165) is 11.1 Å². The molecule has 2 aromatic carbocycles. The molecule has 1 heterocycles. The van der Waals surface area contributed by atoms with Crippen LogP contribution >= 0.6 is 11.8 Å². The summed E-state index contributed by atoms with van der Waals surface area (Å²) in [5, 5.41) is 0. The number of amides is 3. The standard InChI is InChI=1S/C17H13ClN2O2/c18-20-16(21)15(11-13-7-3-1-4-8-13)19(17(20)22)12-14-9-5-2-6-10-14/h1-11H,12H2. The lowest BCUT2D eigenvalue weighted by atomic mass is 10.1. The Morgan fingerprint density at radius 3 is 2.14 bits per heavy atom. The lowest BCUT2D eigenvalue weighted by molar-refractivity contribution is -0.119. The summed E-state index contributed by atoms with van der Waals surface area (Å²) >= 11 is 5.79. The van der Waals surface area contributed by atoms with E-state index in [1.165, 1.54) is 4.90 Å². The van der Waals surface area contributed by atoms with Crippen LogP contribution in [0.25, 0.3) is 6.08 Å². The van der Waals surface area contributed by atoms with Crippen molar-refractivity contribution in [2.45, 2.75) is 6.54 Å². The van der Waals surface area contributed by atoms with Crippen LogP contribution < -0.4 is 0 Å². The monoisotopic (exact) mass is 312 g/mol. The zero-order chi connectivity index (χ0) is 15.5. The molecule has 3 rings (SSSR count). The summed E-state index contributed by atoms with van der Waals surface area (Å²) in [6.45, 7) is 0.299. The quantitative estimate of drug-likeness (QED) is 0.493. The van der Waals surface area contributed by atoms with Crippen molar-refractivity contribution in [2.75, 3.05) is 0 Å². The van der Waals surface area contributed by atoms with Crippen LogP contribution in [-0.2, 0) is 11.3 Å². The van der Waals surface area contributed by atoms with Crippen molar-refractivity contribution in [1.29, 1.82) is 0 Å². The second kappa shape index (κ2) is 6.03. The molecular formula is C17H13ClN2O2. The molecule has 0 atom stereocenters. The van der Waals surface area contributed by atoms with Gasteiger partial charge in [-0.1, -0.05) is 60.7 Å². The van der Waals surface area contributed by atoms with Crippen molar-refractivity contribution in [2.24, 2.45) is 0 Å². The topological polar surface area (TPSA) is 40.6 Å². The predicted octanol–water partition coefficient (Wildman–Crippen LogP) is 3.65. The van der Waals surface area contributed by atoms with Gasteiger partial charge in [0.25, 0.3) is 5.91 Å². The first-order valence-electron chi connectivity index (χ1n) is 6.79. The lowest BCUT2D eigenvalue weighted by Crippen LogP contribution is -2.26. The summed E-state index contributed by atoms with van der Waals surface area (Å²) < 4.78 is 0.623. The molecule has 0 N–H and O–H groups in total. The van der Waals surface area contributed by atoms with Gasteiger partial charge in [-0.05, 0) is 17.2 Å². The molecule has 0 radical (unpaired) electrons. The Morgan fingerprint density at radius 1 is 0.909 bits per heavy atom. The minimum absolute atomic E-state index is 0.273. The first-order chi connectivity index (χ1) is 10.7. The zero-order valence-electron chi connectivity index (χ0n) is 11.6. The average Bonchev–Trinajstić information content (AvgIpc) is 2.75. The first-order valence-corrected chi connectivity index (χ1v) is 7.13. The second-order valence-electron chi connectivity index (χ2n) is 4.88. The minimum atomic E-state index is -0.530. The fraction of sp³-hybridized carbons (Fsp3) is 0.0588. The van der Waals surface area contributed by atoms with Gasteiger partial charge in [0.15, 0.2) is 0 Å². The van der Waals surface area contributed by atoms with Crippen molar-refractivity contribution in [3.8, 4) is 0 Å². The number of urea groups is 1. The van der Waals surface area contributed by atoms with Crippen molar-refractivity contribution < 1.29 is 9.59 Å². The largest absolute Gasteiger partial charge is 0.347 e. The first kappa shape index (κ1) is 14.4. The Kier molecular flexibility index (Phi) is 3.94. The molecule has 0 aliphatic carbocycles. The Hall–Kier alpha value is -2.59. The highest BCUT2D eigenvalue weighted by Crippen LogP contribution is 2.26. The molecule has 0 saturated carbocycles. The molecule has 2 aromatic rings. The number of nitrogens with zero attached hydrogens (tertiary/aromatic N) is 2. The maximum Gasteiger partial charge on any atom is 0.347 e. The fourth-order valence-corrected chi connectivity index (χ4v) is 2.46. The Morgan fingerprint density at radius 2 is 1.50 bits per heavy atom. The number of imide groups is 1. The lowest BCUT2D eigenvalue weighted by Gasteiger charge is -2.15. The molecule has 4 nitrogen and oxygen atoms in total. The Bertz CT molecular complexity index is 729. The normalized spacial score (nSPS) is 16.7. The van der Waals surface area contributed by atoms with Gasteiger partial charge < -0.3 is 0 Å². The van der Waals surface area contributed by atoms with Gasteiger partial charge in [-0.3, -0.25) is 9.69 Å². The molecule has 1 aliphatic rings. The Balaban J connectivity index is 1.96. The fourth-order valence-electron chi connectivity index (χ4n) is 2.28. The van der Waals surface area contributed by atoms with Gasteiger partial charge in [0.2, 0.25) is 0 Å². The summed E-state index contributed by atoms with van der Waals surface area (Å²) in [5.41, 5.74) is 2.04. The van der Waals surface area contributed by atoms with Crippen LogP contribution in [0.1, 0.15) is 11.1 Å². The third-order valence-electron chi connectivity index (χ3n) is 3.37. The summed E-state index contributed by atoms with van der Waals surface area (Å²) in [5.74, 6) is -0.508. The van der Waals surface area contributed by atoms with Crippen LogP contribution in [0.15, 0.2) is 66.4 Å². The van der Waals surface area contributed by atoms with Crippen molar-refractivity contribution in [1.82, 2.24) is 9.32 Å². The van der Waals surface area contributed by atoms with Crippen LogP contribution in [0, 0.1) is 0 Å². The van der Waals surface area contributed by atoms with E-state index in [0.29, 0.717) is 11.0 Å². The molecule has 1 fully saturated rings. The molecule has 110 valence electrons. The van der Waals surface area contributed by atoms with E-state index < -0.39 is 11.9 Å². The molecule has 0 aromatic heterocycles. The SMILES string of the molecule is O=C1C(=Cc2ccccc2)N(Cc2ccccc2)C(=O)N1Cl. The van der Waals surface area contributed by atoms with Crippen LogP contribution in [-0.4, -0.2) is 21.3 Å². The molecule has 1 saturated heterocycles. The van der Waals surface area contributed by atoms with Gasteiger partial charge in [0, 0.05) is 11.8 Å². The molecule has 1 aliphatic heterocycles. The number of benzene rings is 2. The summed E-state index contributed by atoms with van der Waals surface area (Å²) in [7, 11) is 0. The average molecular weight is 313 g/mol. The van der Waals surface area contributed by atoms with E-state index in [-0.39, 0.29) is 5.70 Å². The van der Waals surface area contributed by atoms with Gasteiger partial charge in [0.1, 0.15) is 5.70 Å². The van der Waals surface area contributed by atoms with E-state index in [2.05, 4.69) is 0 Å². The molecule has 3 amide bonds. The van der Waals surface area contributed by atoms with Gasteiger partial charge in [-0.2, -0.15) is 4.42 Å². The number of halogens is 1. The van der Waals surface area contributed by atoms with Crippen molar-refractivity contribution in [3.63, 3.8) is 0 Å². The second-order valence-corrected chi connectivity index (χ2v) is 5.22. The van der Waals surface area contributed by atoms with Gasteiger partial charge in [-0.25, -0.2) is 4.79 Å². The van der Waals surface area contributed by atoms with Gasteiger partial charge in [-0.15, -0.1) is 0 Å². The van der Waals surface area contributed by atoms with Crippen LogP contribution in [0.4, 0.5) is 4.79 Å². The summed E-state index contributed by atoms with van der Waals surface area (Å²) in [4.78, 5) is 25.7. The van der Waals surface area contributed by atoms with Crippen molar-refractivity contribution in [3.05, 3.63) is 77.5 Å². The van der Waals surface area contributed by atoms with E-state index in [1.807, 2.05) is 60.7 Å². The smallest absolute Gasteiger partial charge is 0.283 e. The van der Waals surface area contributed by atoms with Crippen LogP contribution in [0.3, 0.4) is 0 Å². The van der Waals surface area contributed by atoms with E-state index in [1.54, 1.807) is 6.08 Å².